The quantitative estimate of drug-likeness (QED) is 0.0911. The summed E-state index contributed by atoms with van der Waals surface area (Å²) in [7, 11) is 0. The summed E-state index contributed by atoms with van der Waals surface area (Å²) in [6, 6.07) is 6.56. The molecule has 2 unspecified atom stereocenters. The van der Waals surface area contributed by atoms with E-state index in [1.54, 1.807) is 0 Å². The zero-order chi connectivity index (χ0) is 32.6. The Hall–Kier alpha value is -3.02. The fraction of sp³-hybridized carbons (Fsp3) is 0.697. The lowest BCUT2D eigenvalue weighted by atomic mass is 10.0. The molecule has 0 heterocycles. The molecular weight excluding hydrogens is 560 g/mol. The first-order valence-corrected chi connectivity index (χ1v) is 16.4. The third kappa shape index (κ3) is 17.9. The summed E-state index contributed by atoms with van der Waals surface area (Å²) in [4.78, 5) is 52.7. The Balaban J connectivity index is 3.04. The van der Waals surface area contributed by atoms with E-state index in [2.05, 4.69) is 28.2 Å². The van der Waals surface area contributed by atoms with Crippen molar-refractivity contribution in [3.05, 3.63) is 35.9 Å². The number of nitrogens with two attached hydrogens (primary N) is 2. The minimum absolute atomic E-state index is 0.0133. The summed E-state index contributed by atoms with van der Waals surface area (Å²) < 4.78 is 5.83. The minimum Gasteiger partial charge on any atom is -0.379 e. The van der Waals surface area contributed by atoms with Crippen molar-refractivity contribution in [2.75, 3.05) is 32.8 Å². The molecule has 0 aliphatic carbocycles. The van der Waals surface area contributed by atoms with Gasteiger partial charge >= 0.3 is 0 Å². The highest BCUT2D eigenvalue weighted by Crippen LogP contribution is 2.09. The van der Waals surface area contributed by atoms with Crippen LogP contribution in [0.2, 0.25) is 0 Å². The van der Waals surface area contributed by atoms with E-state index in [1.165, 1.54) is 19.3 Å². The van der Waals surface area contributed by atoms with Crippen LogP contribution in [-0.4, -0.2) is 74.6 Å². The third-order valence-corrected chi connectivity index (χ3v) is 7.14. The third-order valence-electron chi connectivity index (χ3n) is 7.14. The molecule has 44 heavy (non-hydrogen) atoms. The van der Waals surface area contributed by atoms with Gasteiger partial charge in [-0.15, -0.1) is 0 Å². The molecule has 0 aromatic heterocycles. The van der Waals surface area contributed by atoms with Crippen molar-refractivity contribution in [2.45, 2.75) is 110 Å². The normalized spacial score (nSPS) is 13.1. The van der Waals surface area contributed by atoms with E-state index in [0.717, 1.165) is 24.8 Å². The van der Waals surface area contributed by atoms with Gasteiger partial charge in [0.1, 0.15) is 18.1 Å². The SMILES string of the molecule is CCCCCCCCOCC(NC(=O)CCCCN)C(=O)N[C@@H](Cc1ccccc1)C(=O)NC(CC(C)C)C(=O)NCCN. The lowest BCUT2D eigenvalue weighted by Crippen LogP contribution is -2.58. The molecule has 1 aromatic rings. The number of nitrogens with one attached hydrogen (secondary N) is 4. The highest BCUT2D eigenvalue weighted by molar-refractivity contribution is 5.94. The molecule has 1 aromatic carbocycles. The average molecular weight is 619 g/mol. The second-order valence-electron chi connectivity index (χ2n) is 11.7. The Morgan fingerprint density at radius 2 is 1.41 bits per heavy atom. The topological polar surface area (TPSA) is 178 Å². The molecule has 4 amide bonds. The number of carbonyl (C=O) groups is 4. The molecule has 0 saturated carbocycles. The molecule has 11 heteroatoms. The molecule has 0 fully saturated rings. The summed E-state index contributed by atoms with van der Waals surface area (Å²) in [5.74, 6) is -1.48. The number of unbranched alkanes of at least 4 members (excludes halogenated alkanes) is 6. The summed E-state index contributed by atoms with van der Waals surface area (Å²) in [5, 5.41) is 11.2. The van der Waals surface area contributed by atoms with Crippen LogP contribution in [0.1, 0.15) is 90.5 Å². The van der Waals surface area contributed by atoms with Crippen molar-refractivity contribution in [3.63, 3.8) is 0 Å². The van der Waals surface area contributed by atoms with Gasteiger partial charge in [0, 0.05) is 32.5 Å². The van der Waals surface area contributed by atoms with Crippen LogP contribution in [0.15, 0.2) is 30.3 Å². The molecule has 0 bridgehead atoms. The minimum atomic E-state index is -0.989. The highest BCUT2D eigenvalue weighted by atomic mass is 16.5. The van der Waals surface area contributed by atoms with Crippen molar-refractivity contribution < 1.29 is 23.9 Å². The van der Waals surface area contributed by atoms with Gasteiger partial charge in [0.2, 0.25) is 23.6 Å². The molecule has 3 atom stereocenters. The lowest BCUT2D eigenvalue weighted by molar-refractivity contribution is -0.134. The van der Waals surface area contributed by atoms with Gasteiger partial charge in [-0.1, -0.05) is 83.2 Å². The van der Waals surface area contributed by atoms with Gasteiger partial charge in [0.25, 0.3) is 0 Å². The van der Waals surface area contributed by atoms with Gasteiger partial charge in [-0.2, -0.15) is 0 Å². The molecule has 8 N–H and O–H groups in total. The predicted molar refractivity (Wildman–Crippen MR) is 175 cm³/mol. The van der Waals surface area contributed by atoms with Crippen LogP contribution in [-0.2, 0) is 30.3 Å². The number of benzene rings is 1. The van der Waals surface area contributed by atoms with Crippen LogP contribution in [0.3, 0.4) is 0 Å². The number of amides is 4. The Kier molecular flexibility index (Phi) is 21.6. The maximum atomic E-state index is 13.6. The first-order chi connectivity index (χ1) is 21.2. The van der Waals surface area contributed by atoms with E-state index >= 15 is 0 Å². The predicted octanol–water partition coefficient (Wildman–Crippen LogP) is 2.31. The van der Waals surface area contributed by atoms with Crippen LogP contribution in [0.25, 0.3) is 0 Å². The zero-order valence-electron chi connectivity index (χ0n) is 27.2. The second-order valence-corrected chi connectivity index (χ2v) is 11.7. The summed E-state index contributed by atoms with van der Waals surface area (Å²) in [6.45, 7) is 7.62. The first-order valence-electron chi connectivity index (χ1n) is 16.4. The summed E-state index contributed by atoms with van der Waals surface area (Å²) in [5.41, 5.74) is 11.9. The Labute approximate surface area is 264 Å². The van der Waals surface area contributed by atoms with E-state index in [0.29, 0.717) is 39.0 Å². The van der Waals surface area contributed by atoms with Gasteiger partial charge in [-0.25, -0.2) is 0 Å². The van der Waals surface area contributed by atoms with E-state index in [-0.39, 0.29) is 43.7 Å². The molecule has 250 valence electrons. The van der Waals surface area contributed by atoms with Gasteiger partial charge in [-0.05, 0) is 43.7 Å². The van der Waals surface area contributed by atoms with Crippen LogP contribution in [0, 0.1) is 5.92 Å². The maximum absolute atomic E-state index is 13.6. The molecule has 0 aliphatic rings. The van der Waals surface area contributed by atoms with Crippen LogP contribution in [0.5, 0.6) is 0 Å². The molecule has 0 spiro atoms. The van der Waals surface area contributed by atoms with Crippen molar-refractivity contribution in [1.29, 1.82) is 0 Å². The lowest BCUT2D eigenvalue weighted by Gasteiger charge is -2.26. The molecule has 0 saturated heterocycles. The Morgan fingerprint density at radius 3 is 2.07 bits per heavy atom. The number of hydrogen-bond acceptors (Lipinski definition) is 7. The Morgan fingerprint density at radius 1 is 0.750 bits per heavy atom. The molecule has 1 rings (SSSR count). The van der Waals surface area contributed by atoms with Gasteiger partial charge in [-0.3, -0.25) is 19.2 Å². The van der Waals surface area contributed by atoms with E-state index in [1.807, 2.05) is 44.2 Å². The second kappa shape index (κ2) is 24.3. The maximum Gasteiger partial charge on any atom is 0.245 e. The first kappa shape index (κ1) is 39.0. The molecular formula is C33H58N6O5. The number of ether oxygens (including phenoxy) is 1. The van der Waals surface area contributed by atoms with Gasteiger partial charge in [0.05, 0.1) is 6.61 Å². The molecule has 11 nitrogen and oxygen atoms in total. The van der Waals surface area contributed by atoms with E-state index in [4.69, 9.17) is 16.2 Å². The number of hydrogen-bond donors (Lipinski definition) is 6. The van der Waals surface area contributed by atoms with Gasteiger partial charge in [0.15, 0.2) is 0 Å². The monoisotopic (exact) mass is 618 g/mol. The van der Waals surface area contributed by atoms with Crippen LogP contribution >= 0.6 is 0 Å². The Bertz CT molecular complexity index is 946. The van der Waals surface area contributed by atoms with Gasteiger partial charge < -0.3 is 37.5 Å². The fourth-order valence-electron chi connectivity index (χ4n) is 4.69. The summed E-state index contributed by atoms with van der Waals surface area (Å²) in [6.07, 6.45) is 8.80. The fourth-order valence-corrected chi connectivity index (χ4v) is 4.69. The number of carbonyl (C=O) groups excluding carboxylic acids is 4. The molecule has 0 aliphatic heterocycles. The van der Waals surface area contributed by atoms with Crippen molar-refractivity contribution in [3.8, 4) is 0 Å². The van der Waals surface area contributed by atoms with Crippen molar-refractivity contribution in [2.24, 2.45) is 17.4 Å². The number of rotatable bonds is 25. The molecule has 0 radical (unpaired) electrons. The highest BCUT2D eigenvalue weighted by Gasteiger charge is 2.30. The van der Waals surface area contributed by atoms with Crippen molar-refractivity contribution >= 4 is 23.6 Å². The largest absolute Gasteiger partial charge is 0.379 e. The van der Waals surface area contributed by atoms with Crippen LogP contribution < -0.4 is 32.7 Å². The zero-order valence-corrected chi connectivity index (χ0v) is 27.2. The smallest absolute Gasteiger partial charge is 0.245 e. The average Bonchev–Trinajstić information content (AvgIpc) is 3.00. The summed E-state index contributed by atoms with van der Waals surface area (Å²) >= 11 is 0. The standard InChI is InChI=1S/C33H58N6O5/c1-4-5-6-7-8-14-21-44-24-29(37-30(40)17-12-13-18-34)33(43)39-28(23-26-15-10-9-11-16-26)32(42)38-27(22-25(2)3)31(41)36-20-19-35/h9-11,15-16,25,27-29H,4-8,12-14,17-24,34-35H2,1-3H3,(H,36,41)(H,37,40)(H,38,42)(H,39,43)/t27?,28-,29?/m0/s1. The van der Waals surface area contributed by atoms with Crippen LogP contribution in [0.4, 0.5) is 0 Å². The van der Waals surface area contributed by atoms with E-state index < -0.39 is 29.9 Å². The van der Waals surface area contributed by atoms with Crippen molar-refractivity contribution in [1.82, 2.24) is 21.3 Å². The van der Waals surface area contributed by atoms with E-state index in [9.17, 15) is 19.2 Å².